The lowest BCUT2D eigenvalue weighted by Crippen LogP contribution is -2.44. The van der Waals surface area contributed by atoms with Gasteiger partial charge in [0.2, 0.25) is 0 Å². The minimum atomic E-state index is -0.652. The Labute approximate surface area is 151 Å². The number of amidine groups is 1. The van der Waals surface area contributed by atoms with E-state index in [0.29, 0.717) is 6.54 Å². The number of halogens is 2. The molecule has 4 heteroatoms. The summed E-state index contributed by atoms with van der Waals surface area (Å²) >= 11 is 0. The van der Waals surface area contributed by atoms with Crippen LogP contribution in [0.5, 0.6) is 0 Å². The van der Waals surface area contributed by atoms with Gasteiger partial charge >= 0.3 is 0 Å². The summed E-state index contributed by atoms with van der Waals surface area (Å²) in [6.07, 6.45) is 0. The van der Waals surface area contributed by atoms with Crippen LogP contribution in [0.1, 0.15) is 22.3 Å². The highest BCUT2D eigenvalue weighted by Gasteiger charge is 2.39. The molecule has 4 rings (SSSR count). The number of aliphatic imine (C=N–C) groups is 1. The zero-order valence-corrected chi connectivity index (χ0v) is 14.3. The molecule has 2 nitrogen and oxygen atoms in total. The highest BCUT2D eigenvalue weighted by atomic mass is 19.1. The summed E-state index contributed by atoms with van der Waals surface area (Å²) in [6.45, 7) is 2.49. The molecule has 1 heterocycles. The van der Waals surface area contributed by atoms with Crippen LogP contribution < -0.4 is 5.32 Å². The summed E-state index contributed by atoms with van der Waals surface area (Å²) in [5.41, 5.74) is 3.26. The molecule has 0 aromatic heterocycles. The van der Waals surface area contributed by atoms with Crippen molar-refractivity contribution < 1.29 is 8.78 Å². The van der Waals surface area contributed by atoms with Gasteiger partial charge in [-0.05, 0) is 48.4 Å². The van der Waals surface area contributed by atoms with Crippen molar-refractivity contribution in [3.63, 3.8) is 0 Å². The Hall–Kier alpha value is -3.01. The largest absolute Gasteiger partial charge is 0.355 e. The van der Waals surface area contributed by atoms with Crippen molar-refractivity contribution in [2.75, 3.05) is 6.54 Å². The Kier molecular flexibility index (Phi) is 4.03. The number of benzene rings is 3. The number of nitrogens with one attached hydrogen (secondary N) is 1. The van der Waals surface area contributed by atoms with Crippen molar-refractivity contribution in [3.05, 3.63) is 107 Å². The number of nitrogens with zero attached hydrogens (tertiary/aromatic N) is 1. The third-order valence-electron chi connectivity index (χ3n) is 4.77. The normalized spacial score (nSPS) is 15.4. The molecule has 0 spiro atoms. The van der Waals surface area contributed by atoms with Crippen LogP contribution in [0.15, 0.2) is 77.8 Å². The lowest BCUT2D eigenvalue weighted by molar-refractivity contribution is 0.520. The first-order valence-electron chi connectivity index (χ1n) is 8.49. The molecular formula is C22H18F2N2. The average Bonchev–Trinajstić information content (AvgIpc) is 3.09. The maximum atomic E-state index is 13.4. The summed E-state index contributed by atoms with van der Waals surface area (Å²) < 4.78 is 26.9. The van der Waals surface area contributed by atoms with Crippen LogP contribution in [0.25, 0.3) is 0 Å². The van der Waals surface area contributed by atoms with E-state index in [1.54, 1.807) is 24.3 Å². The molecule has 0 saturated heterocycles. The summed E-state index contributed by atoms with van der Waals surface area (Å²) in [5.74, 6) is 0.198. The Morgan fingerprint density at radius 1 is 0.846 bits per heavy atom. The topological polar surface area (TPSA) is 24.4 Å². The molecule has 26 heavy (non-hydrogen) atoms. The molecule has 3 aromatic carbocycles. The zero-order valence-electron chi connectivity index (χ0n) is 14.3. The second-order valence-electron chi connectivity index (χ2n) is 6.58. The molecule has 0 saturated carbocycles. The van der Waals surface area contributed by atoms with Crippen LogP contribution in [-0.4, -0.2) is 12.4 Å². The van der Waals surface area contributed by atoms with E-state index < -0.39 is 5.54 Å². The fourth-order valence-corrected chi connectivity index (χ4v) is 3.40. The highest BCUT2D eigenvalue weighted by Crippen LogP contribution is 2.34. The zero-order chi connectivity index (χ0) is 18.1. The van der Waals surface area contributed by atoms with Crippen LogP contribution in [0, 0.1) is 18.6 Å². The maximum Gasteiger partial charge on any atom is 0.129 e. The SMILES string of the molecule is Cc1cccc(C2=NCC(c3ccc(F)cc3)(c3ccc(F)cc3)N2)c1. The summed E-state index contributed by atoms with van der Waals surface area (Å²) in [5, 5.41) is 3.52. The van der Waals surface area contributed by atoms with Crippen LogP contribution in [0.2, 0.25) is 0 Å². The molecule has 0 amide bonds. The predicted octanol–water partition coefficient (Wildman–Crippen LogP) is 4.57. The first kappa shape index (κ1) is 16.5. The van der Waals surface area contributed by atoms with Crippen molar-refractivity contribution in [2.45, 2.75) is 12.5 Å². The van der Waals surface area contributed by atoms with Gasteiger partial charge in [-0.3, -0.25) is 4.99 Å². The van der Waals surface area contributed by atoms with Crippen molar-refractivity contribution in [3.8, 4) is 0 Å². The third kappa shape index (κ3) is 2.88. The van der Waals surface area contributed by atoms with Gasteiger partial charge in [0.15, 0.2) is 0 Å². The van der Waals surface area contributed by atoms with Crippen LogP contribution in [0.3, 0.4) is 0 Å². The van der Waals surface area contributed by atoms with E-state index in [4.69, 9.17) is 4.99 Å². The van der Waals surface area contributed by atoms with E-state index in [1.807, 2.05) is 25.1 Å². The van der Waals surface area contributed by atoms with Gasteiger partial charge in [-0.15, -0.1) is 0 Å². The second kappa shape index (κ2) is 6.37. The molecule has 0 unspecified atom stereocenters. The van der Waals surface area contributed by atoms with Gasteiger partial charge < -0.3 is 5.32 Å². The van der Waals surface area contributed by atoms with Crippen molar-refractivity contribution in [2.24, 2.45) is 4.99 Å². The Balaban J connectivity index is 1.78. The van der Waals surface area contributed by atoms with Gasteiger partial charge in [0.05, 0.1) is 6.54 Å². The van der Waals surface area contributed by atoms with E-state index in [9.17, 15) is 8.78 Å². The Bertz CT molecular complexity index is 915. The first-order valence-corrected chi connectivity index (χ1v) is 8.49. The van der Waals surface area contributed by atoms with Crippen LogP contribution in [-0.2, 0) is 5.54 Å². The maximum absolute atomic E-state index is 13.4. The molecular weight excluding hydrogens is 330 g/mol. The number of hydrogen-bond donors (Lipinski definition) is 1. The molecule has 0 aliphatic carbocycles. The molecule has 3 aromatic rings. The van der Waals surface area contributed by atoms with Crippen molar-refractivity contribution in [1.29, 1.82) is 0 Å². The summed E-state index contributed by atoms with van der Waals surface area (Å²) in [4.78, 5) is 4.72. The molecule has 0 fully saturated rings. The lowest BCUT2D eigenvalue weighted by atomic mass is 9.83. The predicted molar refractivity (Wildman–Crippen MR) is 99.3 cm³/mol. The van der Waals surface area contributed by atoms with Crippen LogP contribution in [0.4, 0.5) is 8.78 Å². The van der Waals surface area contributed by atoms with Gasteiger partial charge in [-0.1, -0.05) is 48.0 Å². The van der Waals surface area contributed by atoms with E-state index in [2.05, 4.69) is 11.4 Å². The lowest BCUT2D eigenvalue weighted by Gasteiger charge is -2.31. The minimum Gasteiger partial charge on any atom is -0.355 e. The second-order valence-corrected chi connectivity index (χ2v) is 6.58. The van der Waals surface area contributed by atoms with Gasteiger partial charge in [0.25, 0.3) is 0 Å². The monoisotopic (exact) mass is 348 g/mol. The molecule has 1 aliphatic rings. The molecule has 1 N–H and O–H groups in total. The first-order chi connectivity index (χ1) is 12.6. The van der Waals surface area contributed by atoms with Gasteiger partial charge in [-0.25, -0.2) is 8.78 Å². The quantitative estimate of drug-likeness (QED) is 0.737. The van der Waals surface area contributed by atoms with Crippen molar-refractivity contribution in [1.82, 2.24) is 5.32 Å². The van der Waals surface area contributed by atoms with Gasteiger partial charge in [0.1, 0.15) is 23.0 Å². The fraction of sp³-hybridized carbons (Fsp3) is 0.136. The van der Waals surface area contributed by atoms with Crippen LogP contribution >= 0.6 is 0 Å². The van der Waals surface area contributed by atoms with Crippen molar-refractivity contribution >= 4 is 5.84 Å². The summed E-state index contributed by atoms with van der Waals surface area (Å²) in [7, 11) is 0. The molecule has 1 aliphatic heterocycles. The third-order valence-corrected chi connectivity index (χ3v) is 4.77. The van der Waals surface area contributed by atoms with Gasteiger partial charge in [-0.2, -0.15) is 0 Å². The molecule has 0 radical (unpaired) electrons. The van der Waals surface area contributed by atoms with E-state index in [0.717, 1.165) is 28.1 Å². The Morgan fingerprint density at radius 2 is 1.42 bits per heavy atom. The minimum absolute atomic E-state index is 0.291. The van der Waals surface area contributed by atoms with E-state index >= 15 is 0 Å². The average molecular weight is 348 g/mol. The summed E-state index contributed by atoms with van der Waals surface area (Å²) in [6, 6.07) is 20.8. The fourth-order valence-electron chi connectivity index (χ4n) is 3.40. The molecule has 0 atom stereocenters. The Morgan fingerprint density at radius 3 is 1.96 bits per heavy atom. The number of aryl methyl sites for hydroxylation is 1. The van der Waals surface area contributed by atoms with E-state index in [-0.39, 0.29) is 11.6 Å². The highest BCUT2D eigenvalue weighted by molar-refractivity contribution is 6.01. The number of hydrogen-bond acceptors (Lipinski definition) is 2. The smallest absolute Gasteiger partial charge is 0.129 e. The molecule has 0 bridgehead atoms. The number of rotatable bonds is 3. The van der Waals surface area contributed by atoms with E-state index in [1.165, 1.54) is 24.3 Å². The standard InChI is InChI=1S/C22H18F2N2/c1-15-3-2-4-16(13-15)21-25-14-22(26-21,17-5-9-19(23)10-6-17)18-7-11-20(24)12-8-18/h2-13H,14H2,1H3,(H,25,26). The van der Waals surface area contributed by atoms with Gasteiger partial charge in [0, 0.05) is 5.56 Å². The molecule has 130 valence electrons.